The van der Waals surface area contributed by atoms with Crippen LogP contribution in [0.15, 0.2) is 72.8 Å². The molecule has 2 saturated heterocycles. The third-order valence-corrected chi connectivity index (χ3v) is 6.67. The second-order valence-corrected chi connectivity index (χ2v) is 8.21. The van der Waals surface area contributed by atoms with Gasteiger partial charge in [0.1, 0.15) is 11.4 Å². The SMILES string of the molecule is O=C1CCC2(c3ccc(F)cc3)OC3(CN12)c1ccccc1C=Cc1ccccc13. The zero-order chi connectivity index (χ0) is 20.3. The van der Waals surface area contributed by atoms with Crippen LogP contribution < -0.4 is 0 Å². The molecule has 2 fully saturated rings. The van der Waals surface area contributed by atoms with Gasteiger partial charge < -0.3 is 9.64 Å². The van der Waals surface area contributed by atoms with Crippen LogP contribution in [0.4, 0.5) is 4.39 Å². The van der Waals surface area contributed by atoms with Crippen molar-refractivity contribution in [3.05, 3.63) is 106 Å². The van der Waals surface area contributed by atoms with Gasteiger partial charge in [-0.25, -0.2) is 4.39 Å². The number of fused-ring (bicyclic) bond motifs is 5. The van der Waals surface area contributed by atoms with Crippen molar-refractivity contribution in [1.82, 2.24) is 4.90 Å². The standard InChI is InChI=1S/C26H20FNO2/c27-21-13-11-20(12-14-21)26-16-15-24(29)28(26)17-25(30-26)22-7-3-1-5-18(22)9-10-19-6-2-4-8-23(19)25/h1-14H,15-17H2. The second kappa shape index (κ2) is 6.13. The molecule has 3 aromatic rings. The first kappa shape index (κ1) is 17.6. The fraction of sp³-hybridized carbons (Fsp3) is 0.192. The number of hydrogen-bond acceptors (Lipinski definition) is 2. The highest BCUT2D eigenvalue weighted by atomic mass is 19.1. The second-order valence-electron chi connectivity index (χ2n) is 8.21. The Balaban J connectivity index is 1.62. The Morgan fingerprint density at radius 1 is 0.833 bits per heavy atom. The van der Waals surface area contributed by atoms with Gasteiger partial charge in [-0.05, 0) is 34.4 Å². The van der Waals surface area contributed by atoms with Crippen LogP contribution in [0.2, 0.25) is 0 Å². The van der Waals surface area contributed by atoms with Crippen LogP contribution in [-0.2, 0) is 20.9 Å². The summed E-state index contributed by atoms with van der Waals surface area (Å²) < 4.78 is 20.7. The highest BCUT2D eigenvalue weighted by Crippen LogP contribution is 2.56. The van der Waals surface area contributed by atoms with Crippen LogP contribution in [0.1, 0.15) is 40.7 Å². The number of ether oxygens (including phenoxy) is 1. The van der Waals surface area contributed by atoms with E-state index in [0.29, 0.717) is 19.4 Å². The number of benzene rings is 3. The minimum Gasteiger partial charge on any atom is -0.333 e. The number of halogens is 1. The molecule has 30 heavy (non-hydrogen) atoms. The molecule has 1 amide bonds. The molecule has 0 aromatic heterocycles. The molecular formula is C26H20FNO2. The summed E-state index contributed by atoms with van der Waals surface area (Å²) in [5.74, 6) is -0.226. The molecule has 2 heterocycles. The van der Waals surface area contributed by atoms with Crippen molar-refractivity contribution in [1.29, 1.82) is 0 Å². The zero-order valence-corrected chi connectivity index (χ0v) is 16.3. The Kier molecular flexibility index (Phi) is 3.60. The molecule has 1 unspecified atom stereocenters. The summed E-state index contributed by atoms with van der Waals surface area (Å²) in [6.45, 7) is 0.429. The Morgan fingerprint density at radius 3 is 2.07 bits per heavy atom. The molecule has 1 aliphatic carbocycles. The van der Waals surface area contributed by atoms with E-state index in [4.69, 9.17) is 4.74 Å². The maximum absolute atomic E-state index is 13.7. The van der Waals surface area contributed by atoms with E-state index in [2.05, 4.69) is 36.4 Å². The summed E-state index contributed by atoms with van der Waals surface area (Å²) in [6.07, 6.45) is 5.20. The van der Waals surface area contributed by atoms with Gasteiger partial charge >= 0.3 is 0 Å². The number of carbonyl (C=O) groups excluding carboxylic acids is 1. The number of rotatable bonds is 1. The van der Waals surface area contributed by atoms with Crippen LogP contribution in [0.25, 0.3) is 12.2 Å². The van der Waals surface area contributed by atoms with Gasteiger partial charge in [-0.1, -0.05) is 72.8 Å². The maximum Gasteiger partial charge on any atom is 0.225 e. The number of nitrogens with zero attached hydrogens (tertiary/aromatic N) is 1. The van der Waals surface area contributed by atoms with E-state index in [-0.39, 0.29) is 11.7 Å². The van der Waals surface area contributed by atoms with Gasteiger partial charge in [0.2, 0.25) is 5.91 Å². The minimum absolute atomic E-state index is 0.0726. The summed E-state index contributed by atoms with van der Waals surface area (Å²) in [6, 6.07) is 22.8. The fourth-order valence-corrected chi connectivity index (χ4v) is 5.31. The molecule has 0 N–H and O–H groups in total. The summed E-state index contributed by atoms with van der Waals surface area (Å²) >= 11 is 0. The van der Waals surface area contributed by atoms with E-state index in [9.17, 15) is 9.18 Å². The Labute approximate surface area is 174 Å². The van der Waals surface area contributed by atoms with E-state index in [1.54, 1.807) is 12.1 Å². The first-order chi connectivity index (χ1) is 14.6. The summed E-state index contributed by atoms with van der Waals surface area (Å²) in [4.78, 5) is 14.9. The molecule has 6 rings (SSSR count). The van der Waals surface area contributed by atoms with Gasteiger partial charge in [-0.15, -0.1) is 0 Å². The van der Waals surface area contributed by atoms with E-state index in [0.717, 1.165) is 27.8 Å². The lowest BCUT2D eigenvalue weighted by Gasteiger charge is -2.35. The van der Waals surface area contributed by atoms with Crippen LogP contribution >= 0.6 is 0 Å². The van der Waals surface area contributed by atoms with Crippen molar-refractivity contribution in [3.63, 3.8) is 0 Å². The van der Waals surface area contributed by atoms with E-state index < -0.39 is 11.3 Å². The van der Waals surface area contributed by atoms with Gasteiger partial charge in [0.15, 0.2) is 5.72 Å². The van der Waals surface area contributed by atoms with E-state index >= 15 is 0 Å². The number of carbonyl (C=O) groups is 1. The fourth-order valence-electron chi connectivity index (χ4n) is 5.31. The predicted molar refractivity (Wildman–Crippen MR) is 113 cm³/mol. The van der Waals surface area contributed by atoms with Gasteiger partial charge in [-0.2, -0.15) is 0 Å². The predicted octanol–water partition coefficient (Wildman–Crippen LogP) is 5.06. The topological polar surface area (TPSA) is 29.5 Å². The van der Waals surface area contributed by atoms with Crippen molar-refractivity contribution >= 4 is 18.1 Å². The largest absolute Gasteiger partial charge is 0.333 e. The quantitative estimate of drug-likeness (QED) is 0.575. The smallest absolute Gasteiger partial charge is 0.225 e. The molecule has 3 aliphatic rings. The normalized spacial score (nSPS) is 23.2. The van der Waals surface area contributed by atoms with Crippen LogP contribution in [0, 0.1) is 5.82 Å². The summed E-state index contributed by atoms with van der Waals surface area (Å²) in [5, 5.41) is 0. The third kappa shape index (κ3) is 2.25. The third-order valence-electron chi connectivity index (χ3n) is 6.67. The molecule has 0 bridgehead atoms. The average Bonchev–Trinajstić information content (AvgIpc) is 3.24. The van der Waals surface area contributed by atoms with Crippen molar-refractivity contribution < 1.29 is 13.9 Å². The van der Waals surface area contributed by atoms with Crippen molar-refractivity contribution in [2.24, 2.45) is 0 Å². The molecule has 0 saturated carbocycles. The van der Waals surface area contributed by atoms with Gasteiger partial charge in [0, 0.05) is 18.4 Å². The Morgan fingerprint density at radius 2 is 1.43 bits per heavy atom. The van der Waals surface area contributed by atoms with E-state index in [1.807, 2.05) is 29.2 Å². The average molecular weight is 397 g/mol. The minimum atomic E-state index is -0.894. The van der Waals surface area contributed by atoms with Crippen LogP contribution in [0.3, 0.4) is 0 Å². The molecule has 1 atom stereocenters. The molecule has 0 radical (unpaired) electrons. The summed E-state index contributed by atoms with van der Waals surface area (Å²) in [5.41, 5.74) is 3.40. The Bertz CT molecular complexity index is 1150. The highest BCUT2D eigenvalue weighted by Gasteiger charge is 2.62. The molecule has 3 aromatic carbocycles. The van der Waals surface area contributed by atoms with Crippen molar-refractivity contribution in [2.45, 2.75) is 24.2 Å². The zero-order valence-electron chi connectivity index (χ0n) is 16.3. The van der Waals surface area contributed by atoms with Gasteiger partial charge in [0.25, 0.3) is 0 Å². The van der Waals surface area contributed by atoms with Gasteiger partial charge in [-0.3, -0.25) is 4.79 Å². The van der Waals surface area contributed by atoms with E-state index in [1.165, 1.54) is 12.1 Å². The molecule has 4 heteroatoms. The van der Waals surface area contributed by atoms with Crippen molar-refractivity contribution in [2.75, 3.05) is 6.54 Å². The number of hydrogen-bond donors (Lipinski definition) is 0. The highest BCUT2D eigenvalue weighted by molar-refractivity contribution is 5.82. The lowest BCUT2D eigenvalue weighted by Crippen LogP contribution is -2.38. The van der Waals surface area contributed by atoms with Crippen molar-refractivity contribution in [3.8, 4) is 0 Å². The lowest BCUT2D eigenvalue weighted by molar-refractivity contribution is -0.145. The lowest BCUT2D eigenvalue weighted by atomic mass is 9.83. The summed E-state index contributed by atoms with van der Waals surface area (Å²) in [7, 11) is 0. The molecule has 148 valence electrons. The Hall–Kier alpha value is -3.24. The monoisotopic (exact) mass is 397 g/mol. The maximum atomic E-state index is 13.7. The number of amides is 1. The molecule has 3 nitrogen and oxygen atoms in total. The molecule has 1 spiro atoms. The molecule has 2 aliphatic heterocycles. The van der Waals surface area contributed by atoms with Gasteiger partial charge in [0.05, 0.1) is 6.54 Å². The van der Waals surface area contributed by atoms with Crippen LogP contribution in [0.5, 0.6) is 0 Å². The first-order valence-electron chi connectivity index (χ1n) is 10.3. The molecular weight excluding hydrogens is 377 g/mol. The van der Waals surface area contributed by atoms with Crippen LogP contribution in [-0.4, -0.2) is 17.4 Å². The first-order valence-corrected chi connectivity index (χ1v) is 10.3.